The molecule has 0 fully saturated rings. The Hall–Kier alpha value is -2.70. The number of nitrogens with zero attached hydrogens (tertiary/aromatic N) is 5. The van der Waals surface area contributed by atoms with Gasteiger partial charge in [-0.15, -0.1) is 5.10 Å². The molecule has 2 aromatic heterocycles. The minimum Gasteiger partial charge on any atom is -0.363 e. The van der Waals surface area contributed by atoms with Gasteiger partial charge in [-0.2, -0.15) is 5.10 Å². The Balaban J connectivity index is 1.38. The van der Waals surface area contributed by atoms with Gasteiger partial charge in [0.1, 0.15) is 11.6 Å². The van der Waals surface area contributed by atoms with Gasteiger partial charge in [0.2, 0.25) is 5.91 Å². The van der Waals surface area contributed by atoms with Crippen molar-refractivity contribution in [2.24, 2.45) is 5.92 Å². The molecule has 0 bridgehead atoms. The average Bonchev–Trinajstić information content (AvgIpc) is 3.29. The van der Waals surface area contributed by atoms with Gasteiger partial charge < -0.3 is 14.8 Å². The Labute approximate surface area is 146 Å². The molecular formula is C18H22N6O. The van der Waals surface area contributed by atoms with E-state index < -0.39 is 0 Å². The molecule has 1 N–H and O–H groups in total. The lowest BCUT2D eigenvalue weighted by atomic mass is 10.1. The summed E-state index contributed by atoms with van der Waals surface area (Å²) in [6.45, 7) is 4.67. The minimum absolute atomic E-state index is 0.128. The van der Waals surface area contributed by atoms with E-state index in [0.717, 1.165) is 49.0 Å². The number of carbonyl (C=O) groups is 1. The van der Waals surface area contributed by atoms with Gasteiger partial charge in [0.05, 0.1) is 24.5 Å². The first-order valence-electron chi connectivity index (χ1n) is 8.72. The minimum atomic E-state index is 0.128. The number of allylic oxidation sites excluding steroid dienone is 2. The van der Waals surface area contributed by atoms with Crippen molar-refractivity contribution in [2.45, 2.75) is 39.4 Å². The third-order valence-electron chi connectivity index (χ3n) is 4.77. The van der Waals surface area contributed by atoms with Crippen LogP contribution in [0.25, 0.3) is 0 Å². The lowest BCUT2D eigenvalue weighted by Crippen LogP contribution is -2.41. The predicted molar refractivity (Wildman–Crippen MR) is 93.6 cm³/mol. The fraction of sp³-hybridized carbons (Fsp3) is 0.444. The van der Waals surface area contributed by atoms with Crippen LogP contribution in [0.1, 0.15) is 30.1 Å². The molecule has 1 amide bonds. The Bertz CT molecular complexity index is 786. The molecular weight excluding hydrogens is 316 g/mol. The number of aryl methyl sites for hydroxylation is 1. The van der Waals surface area contributed by atoms with Crippen molar-refractivity contribution in [1.29, 1.82) is 0 Å². The summed E-state index contributed by atoms with van der Waals surface area (Å²) in [6, 6.07) is 3.84. The van der Waals surface area contributed by atoms with Crippen molar-refractivity contribution in [1.82, 2.24) is 24.6 Å². The maximum Gasteiger partial charge on any atom is 0.226 e. The van der Waals surface area contributed by atoms with Crippen molar-refractivity contribution in [3.63, 3.8) is 0 Å². The first-order chi connectivity index (χ1) is 12.2. The molecule has 0 atom stereocenters. The van der Waals surface area contributed by atoms with Crippen LogP contribution >= 0.6 is 0 Å². The van der Waals surface area contributed by atoms with Crippen LogP contribution in [0.4, 0.5) is 5.82 Å². The van der Waals surface area contributed by atoms with Gasteiger partial charge in [0.25, 0.3) is 0 Å². The van der Waals surface area contributed by atoms with E-state index in [9.17, 15) is 4.79 Å². The number of nitrogens with one attached hydrogen (secondary N) is 1. The molecule has 0 spiro atoms. The highest BCUT2D eigenvalue weighted by Gasteiger charge is 2.28. The van der Waals surface area contributed by atoms with E-state index in [1.807, 2.05) is 24.0 Å². The predicted octanol–water partition coefficient (Wildman–Crippen LogP) is 1.90. The van der Waals surface area contributed by atoms with E-state index >= 15 is 0 Å². The first kappa shape index (κ1) is 15.8. The third-order valence-corrected chi connectivity index (χ3v) is 4.77. The van der Waals surface area contributed by atoms with E-state index in [2.05, 4.69) is 43.4 Å². The molecule has 7 heteroatoms. The highest BCUT2D eigenvalue weighted by Crippen LogP contribution is 2.23. The molecule has 7 nitrogen and oxygen atoms in total. The largest absolute Gasteiger partial charge is 0.363 e. The quantitative estimate of drug-likeness (QED) is 0.862. The number of hydrogen-bond acceptors (Lipinski definition) is 5. The zero-order valence-corrected chi connectivity index (χ0v) is 14.4. The summed E-state index contributed by atoms with van der Waals surface area (Å²) in [7, 11) is 0. The molecule has 0 saturated heterocycles. The molecule has 0 saturated carbocycles. The van der Waals surface area contributed by atoms with Crippen LogP contribution in [0, 0.1) is 12.8 Å². The van der Waals surface area contributed by atoms with Gasteiger partial charge in [-0.3, -0.25) is 4.79 Å². The highest BCUT2D eigenvalue weighted by atomic mass is 16.2. The van der Waals surface area contributed by atoms with Crippen LogP contribution < -0.4 is 5.32 Å². The molecule has 0 radical (unpaired) electrons. The van der Waals surface area contributed by atoms with Crippen molar-refractivity contribution in [2.75, 3.05) is 11.9 Å². The molecule has 3 heterocycles. The second-order valence-electron chi connectivity index (χ2n) is 6.65. The lowest BCUT2D eigenvalue weighted by Gasteiger charge is -2.29. The number of aromatic nitrogens is 4. The first-order valence-corrected chi connectivity index (χ1v) is 8.72. The van der Waals surface area contributed by atoms with Crippen LogP contribution in [0.15, 0.2) is 30.5 Å². The van der Waals surface area contributed by atoms with E-state index in [4.69, 9.17) is 0 Å². The zero-order chi connectivity index (χ0) is 17.2. The number of amides is 1. The smallest absolute Gasteiger partial charge is 0.226 e. The molecule has 1 aliphatic carbocycles. The Morgan fingerprint density at radius 1 is 1.24 bits per heavy atom. The highest BCUT2D eigenvalue weighted by molar-refractivity contribution is 5.79. The van der Waals surface area contributed by atoms with Gasteiger partial charge in [-0.1, -0.05) is 12.2 Å². The fourth-order valence-electron chi connectivity index (χ4n) is 3.34. The molecule has 1 aliphatic heterocycles. The van der Waals surface area contributed by atoms with Crippen molar-refractivity contribution < 1.29 is 4.79 Å². The summed E-state index contributed by atoms with van der Waals surface area (Å²) >= 11 is 0. The summed E-state index contributed by atoms with van der Waals surface area (Å²) in [4.78, 5) is 19.2. The van der Waals surface area contributed by atoms with E-state index in [1.165, 1.54) is 0 Å². The van der Waals surface area contributed by atoms with Crippen LogP contribution in [-0.2, 0) is 24.4 Å². The maximum absolute atomic E-state index is 12.6. The van der Waals surface area contributed by atoms with E-state index in [-0.39, 0.29) is 11.8 Å². The van der Waals surface area contributed by atoms with Crippen molar-refractivity contribution in [3.05, 3.63) is 47.7 Å². The topological polar surface area (TPSA) is 75.9 Å². The van der Waals surface area contributed by atoms with Crippen LogP contribution in [0.2, 0.25) is 0 Å². The Morgan fingerprint density at radius 2 is 2.08 bits per heavy atom. The van der Waals surface area contributed by atoms with Crippen LogP contribution in [-0.4, -0.2) is 37.1 Å². The van der Waals surface area contributed by atoms with Crippen LogP contribution in [0.3, 0.4) is 0 Å². The van der Waals surface area contributed by atoms with Gasteiger partial charge >= 0.3 is 0 Å². The average molecular weight is 338 g/mol. The fourth-order valence-corrected chi connectivity index (χ4v) is 3.34. The number of hydrogen-bond donors (Lipinski definition) is 1. The number of imidazole rings is 1. The molecule has 130 valence electrons. The summed E-state index contributed by atoms with van der Waals surface area (Å²) in [5.74, 6) is 2.08. The second kappa shape index (κ2) is 6.66. The van der Waals surface area contributed by atoms with Crippen molar-refractivity contribution >= 4 is 11.7 Å². The van der Waals surface area contributed by atoms with Gasteiger partial charge in [0.15, 0.2) is 0 Å². The third kappa shape index (κ3) is 3.40. The summed E-state index contributed by atoms with van der Waals surface area (Å²) in [5, 5.41) is 11.4. The summed E-state index contributed by atoms with van der Waals surface area (Å²) < 4.78 is 2.15. The summed E-state index contributed by atoms with van der Waals surface area (Å²) in [5.41, 5.74) is 1.85. The monoisotopic (exact) mass is 338 g/mol. The van der Waals surface area contributed by atoms with Gasteiger partial charge in [-0.25, -0.2) is 4.98 Å². The number of carbonyl (C=O) groups excluding carboxylic acids is 1. The zero-order valence-electron chi connectivity index (χ0n) is 14.4. The Morgan fingerprint density at radius 3 is 2.84 bits per heavy atom. The van der Waals surface area contributed by atoms with Gasteiger partial charge in [-0.05, 0) is 31.9 Å². The van der Waals surface area contributed by atoms with Gasteiger partial charge in [0, 0.05) is 25.2 Å². The number of anilines is 1. The normalized spacial score (nSPS) is 16.9. The molecule has 0 unspecified atom stereocenters. The maximum atomic E-state index is 12.6. The number of fused-ring (bicyclic) bond motifs is 1. The molecule has 2 aliphatic rings. The number of rotatable bonds is 4. The van der Waals surface area contributed by atoms with E-state index in [0.29, 0.717) is 13.1 Å². The molecule has 25 heavy (non-hydrogen) atoms. The van der Waals surface area contributed by atoms with E-state index in [1.54, 1.807) is 0 Å². The second-order valence-corrected chi connectivity index (χ2v) is 6.65. The molecule has 0 aromatic carbocycles. The molecule has 4 rings (SSSR count). The van der Waals surface area contributed by atoms with Crippen molar-refractivity contribution in [3.8, 4) is 0 Å². The lowest BCUT2D eigenvalue weighted by molar-refractivity contribution is -0.136. The standard InChI is InChI=1S/C18H22N6O/c1-13-6-7-16(22-21-13)19-10-15-11-23-8-9-24(12-17(23)20-15)18(25)14-4-2-3-5-14/h2-3,6-7,11,14H,4-5,8-10,12H2,1H3,(H,19,22). The van der Waals surface area contributed by atoms with Crippen LogP contribution in [0.5, 0.6) is 0 Å². The SMILES string of the molecule is Cc1ccc(NCc2cn3c(n2)CN(C(=O)C2CC=CC2)CC3)nn1. The summed E-state index contributed by atoms with van der Waals surface area (Å²) in [6.07, 6.45) is 8.01. The molecule has 2 aromatic rings. The Kier molecular flexibility index (Phi) is 4.21.